The largest absolute Gasteiger partial charge is 0.545 e. The number of rotatable bonds is 5. The Hall–Kier alpha value is -3.32. The lowest BCUT2D eigenvalue weighted by atomic mass is 10.1. The van der Waals surface area contributed by atoms with Crippen molar-refractivity contribution in [3.63, 3.8) is 0 Å². The number of carboxylic acid groups (broad SMARTS) is 2. The Kier molecular flexibility index (Phi) is 7.79. The highest BCUT2D eigenvalue weighted by Crippen LogP contribution is 2.39. The molecule has 2 N–H and O–H groups in total. The van der Waals surface area contributed by atoms with Crippen LogP contribution >= 0.6 is 0 Å². The number of likely N-dealkylation sites (N-methyl/N-ethyl adjacent to an activating group) is 1. The molecule has 2 aromatic carbocycles. The molecule has 0 aromatic heterocycles. The van der Waals surface area contributed by atoms with Crippen LogP contribution in [0.1, 0.15) is 5.56 Å². The van der Waals surface area contributed by atoms with Gasteiger partial charge in [0.15, 0.2) is 0 Å². The van der Waals surface area contributed by atoms with E-state index in [4.69, 9.17) is 5.11 Å². The van der Waals surface area contributed by atoms with Crippen molar-refractivity contribution in [1.29, 1.82) is 0 Å². The summed E-state index contributed by atoms with van der Waals surface area (Å²) in [6.45, 7) is 3.19. The Morgan fingerprint density at radius 3 is 2.17 bits per heavy atom. The summed E-state index contributed by atoms with van der Waals surface area (Å²) < 4.78 is 0. The fourth-order valence-corrected chi connectivity index (χ4v) is 3.10. The minimum atomic E-state index is -1.51. The van der Waals surface area contributed by atoms with E-state index >= 15 is 0 Å². The minimum absolute atomic E-state index is 0.447. The summed E-state index contributed by atoms with van der Waals surface area (Å²) in [7, 11) is 6.59. The molecule has 1 aliphatic heterocycles. The molecule has 7 nitrogen and oxygen atoms in total. The van der Waals surface area contributed by atoms with Crippen molar-refractivity contribution >= 4 is 29.0 Å². The molecule has 3 rings (SSSR count). The maximum Gasteiger partial charge on any atom is 0.328 e. The molecule has 0 saturated heterocycles. The molecule has 0 fully saturated rings. The van der Waals surface area contributed by atoms with Crippen LogP contribution in [-0.4, -0.2) is 51.3 Å². The number of nitrogens with one attached hydrogen (secondary N) is 1. The number of carboxylic acids is 2. The number of quaternary nitrogens is 1. The lowest BCUT2D eigenvalue weighted by molar-refractivity contribution is -0.856. The quantitative estimate of drug-likeness (QED) is 0.706. The third-order valence-corrected chi connectivity index (χ3v) is 4.54. The molecule has 0 unspecified atom stereocenters. The monoisotopic (exact) mass is 397 g/mol. The van der Waals surface area contributed by atoms with E-state index in [1.165, 1.54) is 27.5 Å². The van der Waals surface area contributed by atoms with Crippen LogP contribution < -0.4 is 19.8 Å². The summed E-state index contributed by atoms with van der Waals surface area (Å²) in [5.74, 6) is -2.80. The molecule has 154 valence electrons. The van der Waals surface area contributed by atoms with E-state index in [-0.39, 0.29) is 0 Å². The molecule has 0 amide bonds. The van der Waals surface area contributed by atoms with Crippen LogP contribution in [0.5, 0.6) is 0 Å². The van der Waals surface area contributed by atoms with Crippen LogP contribution in [0, 0.1) is 0 Å². The van der Waals surface area contributed by atoms with Crippen molar-refractivity contribution in [1.82, 2.24) is 0 Å². The molecule has 0 aliphatic carbocycles. The number of hydrogen-bond acceptors (Lipinski definition) is 5. The van der Waals surface area contributed by atoms with E-state index in [2.05, 4.69) is 79.5 Å². The zero-order chi connectivity index (χ0) is 21.4. The average molecular weight is 397 g/mol. The molecule has 0 spiro atoms. The Bertz CT molecular complexity index is 864. The SMILES string of the molecule is CN1c2ccccc2CN(CC[NH+](C)C)c2ccccc21.O=C([O-])/C=C\C(=O)O. The molecular formula is C22H27N3O4. The van der Waals surface area contributed by atoms with Gasteiger partial charge in [-0.1, -0.05) is 30.3 Å². The fraction of sp³-hybridized carbons (Fsp3) is 0.273. The molecule has 29 heavy (non-hydrogen) atoms. The highest BCUT2D eigenvalue weighted by Gasteiger charge is 2.22. The summed E-state index contributed by atoms with van der Waals surface area (Å²) in [4.78, 5) is 25.3. The van der Waals surface area contributed by atoms with Gasteiger partial charge in [-0.2, -0.15) is 0 Å². The third kappa shape index (κ3) is 6.36. The normalized spacial score (nSPS) is 12.7. The van der Waals surface area contributed by atoms with E-state index in [0.717, 1.165) is 19.6 Å². The maximum atomic E-state index is 9.53. The van der Waals surface area contributed by atoms with Crippen LogP contribution in [0.2, 0.25) is 0 Å². The van der Waals surface area contributed by atoms with Crippen molar-refractivity contribution in [3.8, 4) is 0 Å². The highest BCUT2D eigenvalue weighted by atomic mass is 16.4. The highest BCUT2D eigenvalue weighted by molar-refractivity contribution is 5.88. The van der Waals surface area contributed by atoms with Crippen molar-refractivity contribution < 1.29 is 24.7 Å². The summed E-state index contributed by atoms with van der Waals surface area (Å²) in [6, 6.07) is 17.4. The van der Waals surface area contributed by atoms with Crippen LogP contribution in [0.15, 0.2) is 60.7 Å². The van der Waals surface area contributed by atoms with Gasteiger partial charge in [-0.3, -0.25) is 0 Å². The fourth-order valence-electron chi connectivity index (χ4n) is 3.10. The first-order valence-electron chi connectivity index (χ1n) is 9.36. The molecular weight excluding hydrogens is 370 g/mol. The first-order valence-corrected chi connectivity index (χ1v) is 9.36. The maximum absolute atomic E-state index is 9.53. The number of hydrogen-bond donors (Lipinski definition) is 2. The smallest absolute Gasteiger partial charge is 0.328 e. The van der Waals surface area contributed by atoms with Gasteiger partial charge in [-0.25, -0.2) is 4.79 Å². The Balaban J connectivity index is 0.000000321. The Morgan fingerprint density at radius 1 is 1.03 bits per heavy atom. The van der Waals surface area contributed by atoms with Crippen molar-refractivity contribution in [3.05, 3.63) is 66.2 Å². The molecule has 0 radical (unpaired) electrons. The molecule has 2 aromatic rings. The Morgan fingerprint density at radius 2 is 1.62 bits per heavy atom. The van der Waals surface area contributed by atoms with Crippen molar-refractivity contribution in [2.24, 2.45) is 0 Å². The van der Waals surface area contributed by atoms with Crippen LogP contribution in [0.25, 0.3) is 0 Å². The number of aliphatic carboxylic acids is 2. The van der Waals surface area contributed by atoms with E-state index in [1.807, 2.05) is 0 Å². The Labute approximate surface area is 171 Å². The minimum Gasteiger partial charge on any atom is -0.545 e. The van der Waals surface area contributed by atoms with Gasteiger partial charge in [0.25, 0.3) is 0 Å². The second kappa shape index (κ2) is 10.3. The lowest BCUT2D eigenvalue weighted by Gasteiger charge is -2.26. The predicted molar refractivity (Wildman–Crippen MR) is 111 cm³/mol. The summed E-state index contributed by atoms with van der Waals surface area (Å²) in [5, 5.41) is 17.2. The molecule has 0 bridgehead atoms. The van der Waals surface area contributed by atoms with Crippen LogP contribution in [0.4, 0.5) is 17.1 Å². The number of anilines is 3. The number of carbonyl (C=O) groups is 2. The van der Waals surface area contributed by atoms with E-state index < -0.39 is 11.9 Å². The summed E-state index contributed by atoms with van der Waals surface area (Å²) >= 11 is 0. The second-order valence-corrected chi connectivity index (χ2v) is 7.05. The topological polar surface area (TPSA) is 88.4 Å². The summed E-state index contributed by atoms with van der Waals surface area (Å²) in [5.41, 5.74) is 5.32. The second-order valence-electron chi connectivity index (χ2n) is 7.05. The number of carbonyl (C=O) groups excluding carboxylic acids is 1. The number of para-hydroxylation sites is 3. The van der Waals surface area contributed by atoms with Gasteiger partial charge in [0.05, 0.1) is 44.5 Å². The number of benzene rings is 2. The standard InChI is InChI=1S/C18H23N3.C4H4O4/c1-19(2)12-13-21-14-15-8-4-5-9-16(15)20(3)17-10-6-7-11-18(17)21;5-3(6)1-2-4(7)8/h4-11H,12-14H2,1-3H3;1-2H,(H,5,6)(H,7,8)/b;2-1-. The van der Waals surface area contributed by atoms with E-state index in [9.17, 15) is 14.7 Å². The molecule has 1 aliphatic rings. The zero-order valence-electron chi connectivity index (χ0n) is 17.0. The van der Waals surface area contributed by atoms with Gasteiger partial charge in [-0.15, -0.1) is 0 Å². The first kappa shape index (κ1) is 22.0. The third-order valence-electron chi connectivity index (χ3n) is 4.54. The molecule has 0 atom stereocenters. The number of nitrogens with zero attached hydrogens (tertiary/aromatic N) is 2. The molecule has 7 heteroatoms. The van der Waals surface area contributed by atoms with Crippen LogP contribution in [0.3, 0.4) is 0 Å². The summed E-state index contributed by atoms with van der Waals surface area (Å²) in [6.07, 6.45) is 0.942. The molecule has 0 saturated carbocycles. The van der Waals surface area contributed by atoms with Gasteiger partial charge >= 0.3 is 5.97 Å². The van der Waals surface area contributed by atoms with Gasteiger partial charge in [0.1, 0.15) is 0 Å². The van der Waals surface area contributed by atoms with E-state index in [1.54, 1.807) is 0 Å². The first-order chi connectivity index (χ1) is 13.8. The predicted octanol–water partition coefficient (Wildman–Crippen LogP) is 0.296. The van der Waals surface area contributed by atoms with Gasteiger partial charge in [0.2, 0.25) is 0 Å². The lowest BCUT2D eigenvalue weighted by Crippen LogP contribution is -3.06. The average Bonchev–Trinajstić information content (AvgIpc) is 2.81. The molecule has 1 heterocycles. The van der Waals surface area contributed by atoms with Crippen molar-refractivity contribution in [2.45, 2.75) is 6.54 Å². The van der Waals surface area contributed by atoms with Crippen molar-refractivity contribution in [2.75, 3.05) is 44.0 Å². The van der Waals surface area contributed by atoms with Crippen LogP contribution in [-0.2, 0) is 16.1 Å². The van der Waals surface area contributed by atoms with Gasteiger partial charge < -0.3 is 29.7 Å². The van der Waals surface area contributed by atoms with Gasteiger partial charge in [-0.05, 0) is 29.8 Å². The zero-order valence-corrected chi connectivity index (χ0v) is 17.0. The van der Waals surface area contributed by atoms with Gasteiger partial charge in [0, 0.05) is 25.4 Å². The number of fused-ring (bicyclic) bond motifs is 2. The van der Waals surface area contributed by atoms with E-state index in [0.29, 0.717) is 12.2 Å².